The van der Waals surface area contributed by atoms with Crippen LogP contribution in [0.1, 0.15) is 58.7 Å². The fourth-order valence-corrected chi connectivity index (χ4v) is 6.81. The van der Waals surface area contributed by atoms with Crippen molar-refractivity contribution in [3.8, 4) is 17.2 Å². The van der Waals surface area contributed by atoms with Gasteiger partial charge in [0, 0.05) is 70.8 Å². The Morgan fingerprint density at radius 3 is 1.37 bits per heavy atom. The van der Waals surface area contributed by atoms with E-state index in [1.807, 2.05) is 116 Å². The van der Waals surface area contributed by atoms with E-state index in [9.17, 15) is 0 Å². The Bertz CT molecular complexity index is 2440. The highest BCUT2D eigenvalue weighted by Gasteiger charge is 2.16. The lowest BCUT2D eigenvalue weighted by Crippen LogP contribution is -2.27. The minimum atomic E-state index is -0.351. The molecular weight excluding hydrogens is 883 g/mol. The highest BCUT2D eigenvalue weighted by atomic mass is 16.7. The Morgan fingerprint density at radius 1 is 0.500 bits per heavy atom. The minimum absolute atomic E-state index is 0.152. The number of ether oxygens (including phenoxy) is 9. The summed E-state index contributed by atoms with van der Waals surface area (Å²) in [5.41, 5.74) is 8.35. The fourth-order valence-electron chi connectivity index (χ4n) is 6.81. The summed E-state index contributed by atoms with van der Waals surface area (Å²) in [5.74, 6) is 2.50. The standard InChI is InChI=1S/2C20H26NO3.C18H20NO3/c1-21-14-12-18(13-15-21)7-6-17-8-10-19(11-9-17)24-16-4-5-20(22-2)23-3;1-5-17-14-21(2)13-12-18(17)9-6-16-7-10-19(11-8-16)24-15-20(22-3)23-4;1-19-10-8-16(9-11-19)3-2-15-4-6-17(7-5-15)22-14-18-20-12-13-21-18/h6-15,20H,4-5,16H2,1-3H3;6-14,20H,5,15H2,1-4H3;2-11,18H,12-14H2,1H3/q3*+1/b7-6+;9-6+;3-2+. The van der Waals surface area contributed by atoms with Crippen molar-refractivity contribution in [2.75, 3.05) is 61.5 Å². The predicted molar refractivity (Wildman–Crippen MR) is 275 cm³/mol. The summed E-state index contributed by atoms with van der Waals surface area (Å²) in [6.45, 7) is 4.91. The maximum Gasteiger partial charge on any atom is 0.191 e. The molecule has 70 heavy (non-hydrogen) atoms. The van der Waals surface area contributed by atoms with E-state index in [0.29, 0.717) is 33.0 Å². The summed E-state index contributed by atoms with van der Waals surface area (Å²) < 4.78 is 54.3. The second-order valence-electron chi connectivity index (χ2n) is 16.3. The van der Waals surface area contributed by atoms with Crippen LogP contribution in [-0.4, -0.2) is 80.3 Å². The van der Waals surface area contributed by atoms with Gasteiger partial charge in [0.1, 0.15) is 51.6 Å². The number of pyridine rings is 3. The molecule has 0 N–H and O–H groups in total. The van der Waals surface area contributed by atoms with Gasteiger partial charge in [-0.05, 0) is 82.6 Å². The van der Waals surface area contributed by atoms with E-state index in [1.165, 1.54) is 22.3 Å². The summed E-state index contributed by atoms with van der Waals surface area (Å²) in [5, 5.41) is 0. The second-order valence-corrected chi connectivity index (χ2v) is 16.3. The molecule has 0 unspecified atom stereocenters. The van der Waals surface area contributed by atoms with Crippen molar-refractivity contribution in [1.29, 1.82) is 0 Å². The first-order chi connectivity index (χ1) is 34.2. The molecule has 0 atom stereocenters. The average molecular weight is 955 g/mol. The van der Waals surface area contributed by atoms with Crippen LogP contribution in [0.4, 0.5) is 0 Å². The van der Waals surface area contributed by atoms with Gasteiger partial charge in [0.25, 0.3) is 0 Å². The minimum Gasteiger partial charge on any atom is -0.494 e. The van der Waals surface area contributed by atoms with Crippen LogP contribution < -0.4 is 27.9 Å². The number of hydrogen-bond acceptors (Lipinski definition) is 9. The van der Waals surface area contributed by atoms with Gasteiger partial charge >= 0.3 is 0 Å². The van der Waals surface area contributed by atoms with Gasteiger partial charge in [-0.25, -0.2) is 13.7 Å². The molecule has 1 fully saturated rings. The van der Waals surface area contributed by atoms with Crippen molar-refractivity contribution in [2.24, 2.45) is 21.1 Å². The van der Waals surface area contributed by atoms with E-state index in [1.54, 1.807) is 28.4 Å². The normalized spacial score (nSPS) is 12.7. The van der Waals surface area contributed by atoms with Crippen molar-refractivity contribution >= 4 is 36.5 Å². The van der Waals surface area contributed by atoms with E-state index >= 15 is 0 Å². The quantitative estimate of drug-likeness (QED) is 0.0376. The van der Waals surface area contributed by atoms with Gasteiger partial charge < -0.3 is 42.6 Å². The summed E-state index contributed by atoms with van der Waals surface area (Å²) in [6.07, 6.45) is 27.0. The van der Waals surface area contributed by atoms with Crippen LogP contribution in [-0.2, 0) is 56.0 Å². The maximum absolute atomic E-state index is 5.74. The van der Waals surface area contributed by atoms with Gasteiger partial charge in [0.15, 0.2) is 56.1 Å². The summed E-state index contributed by atoms with van der Waals surface area (Å²) >= 11 is 0. The first-order valence-electron chi connectivity index (χ1n) is 23.6. The molecule has 0 radical (unpaired) electrons. The fraction of sp³-hybridized carbons (Fsp3) is 0.328. The Balaban J connectivity index is 0.000000196. The molecule has 0 spiro atoms. The molecule has 7 rings (SSSR count). The number of nitrogens with zero attached hydrogens (tertiary/aromatic N) is 3. The Hall–Kier alpha value is -6.51. The van der Waals surface area contributed by atoms with Crippen LogP contribution >= 0.6 is 0 Å². The van der Waals surface area contributed by atoms with Gasteiger partial charge in [0.2, 0.25) is 0 Å². The second kappa shape index (κ2) is 30.9. The van der Waals surface area contributed by atoms with Crippen molar-refractivity contribution in [2.45, 2.75) is 45.1 Å². The lowest BCUT2D eigenvalue weighted by molar-refractivity contribution is -0.672. The van der Waals surface area contributed by atoms with Crippen molar-refractivity contribution < 1.29 is 56.3 Å². The molecular formula is C58H72N3O9+3. The molecule has 6 aromatic rings. The van der Waals surface area contributed by atoms with Crippen LogP contribution in [0.5, 0.6) is 17.2 Å². The van der Waals surface area contributed by atoms with Crippen molar-refractivity contribution in [3.05, 3.63) is 179 Å². The summed E-state index contributed by atoms with van der Waals surface area (Å²) in [7, 11) is 12.6. The molecule has 0 saturated carbocycles. The molecule has 1 aliphatic rings. The highest BCUT2D eigenvalue weighted by Crippen LogP contribution is 2.19. The summed E-state index contributed by atoms with van der Waals surface area (Å²) in [6, 6.07) is 34.5. The Kier molecular flexibility index (Phi) is 24.0. The van der Waals surface area contributed by atoms with E-state index in [-0.39, 0.29) is 18.9 Å². The number of aryl methyl sites for hydroxylation is 4. The van der Waals surface area contributed by atoms with Gasteiger partial charge in [-0.1, -0.05) is 79.8 Å². The van der Waals surface area contributed by atoms with Crippen LogP contribution in [0.3, 0.4) is 0 Å². The first kappa shape index (κ1) is 54.4. The van der Waals surface area contributed by atoms with Crippen LogP contribution in [0.2, 0.25) is 0 Å². The van der Waals surface area contributed by atoms with Crippen molar-refractivity contribution in [1.82, 2.24) is 0 Å². The topological polar surface area (TPSA) is 94.7 Å². The number of aromatic nitrogens is 3. The van der Waals surface area contributed by atoms with Crippen LogP contribution in [0.15, 0.2) is 140 Å². The van der Waals surface area contributed by atoms with Crippen LogP contribution in [0.25, 0.3) is 36.5 Å². The predicted octanol–water partition coefficient (Wildman–Crippen LogP) is 9.13. The van der Waals surface area contributed by atoms with Crippen LogP contribution in [0, 0.1) is 0 Å². The zero-order valence-electron chi connectivity index (χ0n) is 42.1. The summed E-state index contributed by atoms with van der Waals surface area (Å²) in [4.78, 5) is 0. The first-order valence-corrected chi connectivity index (χ1v) is 23.6. The molecule has 0 bridgehead atoms. The molecule has 0 amide bonds. The van der Waals surface area contributed by atoms with Crippen molar-refractivity contribution in [3.63, 3.8) is 0 Å². The van der Waals surface area contributed by atoms with E-state index < -0.39 is 0 Å². The molecule has 1 saturated heterocycles. The third kappa shape index (κ3) is 20.2. The molecule has 12 heteroatoms. The monoisotopic (exact) mass is 955 g/mol. The number of benzene rings is 3. The number of rotatable bonds is 22. The lowest BCUT2D eigenvalue weighted by atomic mass is 10.1. The molecule has 370 valence electrons. The van der Waals surface area contributed by atoms with Gasteiger partial charge in [0.05, 0.1) is 19.8 Å². The smallest absolute Gasteiger partial charge is 0.191 e. The largest absolute Gasteiger partial charge is 0.494 e. The molecule has 0 aliphatic carbocycles. The molecule has 12 nitrogen and oxygen atoms in total. The number of methoxy groups -OCH3 is 4. The molecule has 4 heterocycles. The third-order valence-corrected chi connectivity index (χ3v) is 11.0. The highest BCUT2D eigenvalue weighted by molar-refractivity contribution is 5.71. The SMILES string of the molecule is CCc1c[n+](C)ccc1/C=C/c1ccc(OCC(OC)OC)cc1.COC(CCCOc1ccc(/C=C/c2cc[n+](C)cc2)cc1)OC.C[n+]1ccc(/C=C/c2ccc(OCC3OCCO3)cc2)cc1. The van der Waals surface area contributed by atoms with Gasteiger partial charge in [-0.3, -0.25) is 0 Å². The molecule has 1 aliphatic heterocycles. The molecule has 3 aromatic carbocycles. The lowest BCUT2D eigenvalue weighted by Gasteiger charge is -2.14. The maximum atomic E-state index is 5.74. The zero-order chi connectivity index (χ0) is 49.8. The Morgan fingerprint density at radius 2 is 0.914 bits per heavy atom. The van der Waals surface area contributed by atoms with Gasteiger partial charge in [-0.15, -0.1) is 0 Å². The van der Waals surface area contributed by atoms with Gasteiger partial charge in [-0.2, -0.15) is 0 Å². The third-order valence-electron chi connectivity index (χ3n) is 11.0. The zero-order valence-corrected chi connectivity index (χ0v) is 42.1. The van der Waals surface area contributed by atoms with E-state index in [0.717, 1.165) is 53.2 Å². The molecule has 3 aromatic heterocycles. The number of hydrogen-bond donors (Lipinski definition) is 0. The Labute approximate surface area is 415 Å². The van der Waals surface area contributed by atoms with E-state index in [2.05, 4.69) is 103 Å². The van der Waals surface area contributed by atoms with E-state index in [4.69, 9.17) is 42.6 Å². The average Bonchev–Trinajstić information content (AvgIpc) is 3.93.